The highest BCUT2D eigenvalue weighted by atomic mass is 16.5. The van der Waals surface area contributed by atoms with Crippen LogP contribution in [0.3, 0.4) is 0 Å². The molecule has 0 saturated heterocycles. The lowest BCUT2D eigenvalue weighted by atomic mass is 9.87. The number of nitrogens with one attached hydrogen (secondary N) is 1. The molecule has 4 nitrogen and oxygen atoms in total. The van der Waals surface area contributed by atoms with Crippen LogP contribution in [-0.2, 0) is 10.2 Å². The van der Waals surface area contributed by atoms with E-state index in [2.05, 4.69) is 43.2 Å². The second kappa shape index (κ2) is 5.95. The molecule has 0 aliphatic heterocycles. The zero-order chi connectivity index (χ0) is 15.5. The van der Waals surface area contributed by atoms with Gasteiger partial charge in [0.25, 0.3) is 0 Å². The number of pyridine rings is 1. The Morgan fingerprint density at radius 1 is 1.14 bits per heavy atom. The largest absolute Gasteiger partial charge is 0.465 e. The lowest BCUT2D eigenvalue weighted by Gasteiger charge is -2.19. The lowest BCUT2D eigenvalue weighted by molar-refractivity contribution is 0.0600. The second-order valence-corrected chi connectivity index (χ2v) is 5.87. The fourth-order valence-electron chi connectivity index (χ4n) is 1.95. The van der Waals surface area contributed by atoms with E-state index in [9.17, 15) is 4.79 Å². The standard InChI is InChI=1S/C17H20N2O2/c1-17(2,3)13-5-7-14(8-6-13)19-15-11-12(9-10-18-15)16(20)21-4/h5-11H,1-4H3,(H,18,19). The van der Waals surface area contributed by atoms with Crippen LogP contribution < -0.4 is 5.32 Å². The van der Waals surface area contributed by atoms with Gasteiger partial charge in [0.2, 0.25) is 0 Å². The molecule has 0 saturated carbocycles. The molecule has 0 aliphatic carbocycles. The molecule has 110 valence electrons. The van der Waals surface area contributed by atoms with Crippen LogP contribution in [-0.4, -0.2) is 18.1 Å². The van der Waals surface area contributed by atoms with E-state index in [4.69, 9.17) is 4.74 Å². The molecule has 1 aromatic carbocycles. The Bertz CT molecular complexity index is 628. The Morgan fingerprint density at radius 2 is 1.81 bits per heavy atom. The average molecular weight is 284 g/mol. The fourth-order valence-corrected chi connectivity index (χ4v) is 1.95. The average Bonchev–Trinajstić information content (AvgIpc) is 2.46. The summed E-state index contributed by atoms with van der Waals surface area (Å²) >= 11 is 0. The monoisotopic (exact) mass is 284 g/mol. The molecular formula is C17H20N2O2. The number of hydrogen-bond acceptors (Lipinski definition) is 4. The third kappa shape index (κ3) is 3.81. The van der Waals surface area contributed by atoms with Crippen molar-refractivity contribution in [1.29, 1.82) is 0 Å². The van der Waals surface area contributed by atoms with Crippen LogP contribution >= 0.6 is 0 Å². The van der Waals surface area contributed by atoms with Crippen LogP contribution in [0.4, 0.5) is 11.5 Å². The number of nitrogens with zero attached hydrogens (tertiary/aromatic N) is 1. The van der Waals surface area contributed by atoms with Gasteiger partial charge in [-0.15, -0.1) is 0 Å². The van der Waals surface area contributed by atoms with E-state index >= 15 is 0 Å². The molecule has 0 unspecified atom stereocenters. The lowest BCUT2D eigenvalue weighted by Crippen LogP contribution is -2.10. The van der Waals surface area contributed by atoms with E-state index < -0.39 is 0 Å². The van der Waals surface area contributed by atoms with Crippen LogP contribution in [0.1, 0.15) is 36.7 Å². The Labute approximate surface area is 125 Å². The molecule has 1 N–H and O–H groups in total. The minimum Gasteiger partial charge on any atom is -0.465 e. The van der Waals surface area contributed by atoms with E-state index in [-0.39, 0.29) is 11.4 Å². The molecule has 0 spiro atoms. The summed E-state index contributed by atoms with van der Waals surface area (Å²) in [6, 6.07) is 11.5. The summed E-state index contributed by atoms with van der Waals surface area (Å²) in [7, 11) is 1.36. The van der Waals surface area contributed by atoms with E-state index in [1.165, 1.54) is 12.7 Å². The number of rotatable bonds is 3. The van der Waals surface area contributed by atoms with E-state index in [1.807, 2.05) is 12.1 Å². The molecule has 0 aliphatic rings. The molecule has 2 rings (SSSR count). The van der Waals surface area contributed by atoms with Gasteiger partial charge in [-0.3, -0.25) is 0 Å². The van der Waals surface area contributed by atoms with Crippen LogP contribution in [0.5, 0.6) is 0 Å². The van der Waals surface area contributed by atoms with E-state index in [0.29, 0.717) is 11.4 Å². The maximum Gasteiger partial charge on any atom is 0.338 e. The highest BCUT2D eigenvalue weighted by molar-refractivity contribution is 5.90. The van der Waals surface area contributed by atoms with Gasteiger partial charge >= 0.3 is 5.97 Å². The fraction of sp³-hybridized carbons (Fsp3) is 0.294. The molecular weight excluding hydrogens is 264 g/mol. The Hall–Kier alpha value is -2.36. The summed E-state index contributed by atoms with van der Waals surface area (Å²) in [5.41, 5.74) is 2.80. The normalized spacial score (nSPS) is 11.0. The topological polar surface area (TPSA) is 51.2 Å². The first-order valence-electron chi connectivity index (χ1n) is 6.82. The number of carbonyl (C=O) groups is 1. The predicted octanol–water partition coefficient (Wildman–Crippen LogP) is 3.91. The van der Waals surface area contributed by atoms with Crippen LogP contribution in [0, 0.1) is 0 Å². The number of anilines is 2. The van der Waals surface area contributed by atoms with Crippen molar-refractivity contribution in [2.45, 2.75) is 26.2 Å². The van der Waals surface area contributed by atoms with Crippen LogP contribution in [0.15, 0.2) is 42.6 Å². The summed E-state index contributed by atoms with van der Waals surface area (Å²) < 4.78 is 4.70. The van der Waals surface area contributed by atoms with Gasteiger partial charge < -0.3 is 10.1 Å². The minimum absolute atomic E-state index is 0.127. The Morgan fingerprint density at radius 3 is 2.38 bits per heavy atom. The number of benzene rings is 1. The summed E-state index contributed by atoms with van der Waals surface area (Å²) in [6.45, 7) is 6.53. The van der Waals surface area contributed by atoms with Gasteiger partial charge in [-0.2, -0.15) is 0 Å². The van der Waals surface area contributed by atoms with Gasteiger partial charge in [-0.05, 0) is 35.2 Å². The summed E-state index contributed by atoms with van der Waals surface area (Å²) in [4.78, 5) is 15.7. The van der Waals surface area contributed by atoms with Gasteiger partial charge in [0.1, 0.15) is 5.82 Å². The molecule has 0 amide bonds. The first kappa shape index (κ1) is 15.0. The molecule has 0 bridgehead atoms. The van der Waals surface area contributed by atoms with Gasteiger partial charge in [-0.25, -0.2) is 9.78 Å². The SMILES string of the molecule is COC(=O)c1ccnc(Nc2ccc(C(C)(C)C)cc2)c1. The van der Waals surface area contributed by atoms with Crippen molar-refractivity contribution in [2.75, 3.05) is 12.4 Å². The maximum atomic E-state index is 11.5. The van der Waals surface area contributed by atoms with Crippen molar-refractivity contribution in [3.63, 3.8) is 0 Å². The van der Waals surface area contributed by atoms with Crippen molar-refractivity contribution in [3.05, 3.63) is 53.7 Å². The molecule has 1 aromatic heterocycles. The van der Waals surface area contributed by atoms with Crippen molar-refractivity contribution >= 4 is 17.5 Å². The van der Waals surface area contributed by atoms with Gasteiger partial charge in [-0.1, -0.05) is 32.9 Å². The first-order valence-corrected chi connectivity index (χ1v) is 6.82. The summed E-state index contributed by atoms with van der Waals surface area (Å²) in [6.07, 6.45) is 1.58. The number of ether oxygens (including phenoxy) is 1. The molecule has 21 heavy (non-hydrogen) atoms. The molecule has 2 aromatic rings. The van der Waals surface area contributed by atoms with Crippen molar-refractivity contribution < 1.29 is 9.53 Å². The number of methoxy groups -OCH3 is 1. The van der Waals surface area contributed by atoms with E-state index in [1.54, 1.807) is 18.3 Å². The third-order valence-electron chi connectivity index (χ3n) is 3.20. The maximum absolute atomic E-state index is 11.5. The number of aromatic nitrogens is 1. The highest BCUT2D eigenvalue weighted by Crippen LogP contribution is 2.24. The van der Waals surface area contributed by atoms with Crippen molar-refractivity contribution in [3.8, 4) is 0 Å². The molecule has 0 atom stereocenters. The van der Waals surface area contributed by atoms with E-state index in [0.717, 1.165) is 5.69 Å². The number of carbonyl (C=O) groups excluding carboxylic acids is 1. The molecule has 1 heterocycles. The molecule has 0 fully saturated rings. The third-order valence-corrected chi connectivity index (χ3v) is 3.20. The Balaban J connectivity index is 2.17. The highest BCUT2D eigenvalue weighted by Gasteiger charge is 2.13. The minimum atomic E-state index is -0.372. The van der Waals surface area contributed by atoms with Gasteiger partial charge in [0.15, 0.2) is 0 Å². The predicted molar refractivity (Wildman–Crippen MR) is 84.0 cm³/mol. The quantitative estimate of drug-likeness (QED) is 0.868. The van der Waals surface area contributed by atoms with Crippen LogP contribution in [0.25, 0.3) is 0 Å². The summed E-state index contributed by atoms with van der Waals surface area (Å²) in [5.74, 6) is 0.241. The van der Waals surface area contributed by atoms with Gasteiger partial charge in [0.05, 0.1) is 12.7 Å². The first-order chi connectivity index (χ1) is 9.90. The molecule has 4 heteroatoms. The van der Waals surface area contributed by atoms with Crippen LogP contribution in [0.2, 0.25) is 0 Å². The van der Waals surface area contributed by atoms with Crippen molar-refractivity contribution in [1.82, 2.24) is 4.98 Å². The van der Waals surface area contributed by atoms with Crippen molar-refractivity contribution in [2.24, 2.45) is 0 Å². The molecule has 0 radical (unpaired) electrons. The van der Waals surface area contributed by atoms with Gasteiger partial charge in [0, 0.05) is 11.9 Å². The number of esters is 1. The Kier molecular flexibility index (Phi) is 4.26. The number of hydrogen-bond donors (Lipinski definition) is 1. The zero-order valence-electron chi connectivity index (χ0n) is 12.8. The smallest absolute Gasteiger partial charge is 0.338 e. The second-order valence-electron chi connectivity index (χ2n) is 5.87. The zero-order valence-corrected chi connectivity index (χ0v) is 12.8. The summed E-state index contributed by atoms with van der Waals surface area (Å²) in [5, 5.41) is 3.18.